The Labute approximate surface area is 112 Å². The number of carboxylic acid groups (broad SMARTS) is 1. The molecule has 0 aromatic heterocycles. The molecule has 0 aliphatic carbocycles. The molecule has 2 aromatic rings. The maximum absolute atomic E-state index is 10.7. The lowest BCUT2D eigenvalue weighted by Crippen LogP contribution is -2.14. The second kappa shape index (κ2) is 5.67. The van der Waals surface area contributed by atoms with Crippen LogP contribution >= 0.6 is 0 Å². The SMILES string of the molecule is Cc1ccccc1-c1cccc(C(N)CC(=O)O)c1. The van der Waals surface area contributed by atoms with Gasteiger partial charge >= 0.3 is 5.97 Å². The summed E-state index contributed by atoms with van der Waals surface area (Å²) in [5.74, 6) is -0.881. The second-order valence-corrected chi connectivity index (χ2v) is 4.64. The van der Waals surface area contributed by atoms with Crippen LogP contribution in [0, 0.1) is 6.92 Å². The summed E-state index contributed by atoms with van der Waals surface area (Å²) in [5.41, 5.74) is 10.1. The lowest BCUT2D eigenvalue weighted by Gasteiger charge is -2.12. The molecule has 98 valence electrons. The molecule has 0 heterocycles. The van der Waals surface area contributed by atoms with Crippen molar-refractivity contribution in [1.29, 1.82) is 0 Å². The molecule has 0 aliphatic rings. The maximum Gasteiger partial charge on any atom is 0.305 e. The average Bonchev–Trinajstić information content (AvgIpc) is 2.38. The van der Waals surface area contributed by atoms with Crippen LogP contribution in [-0.4, -0.2) is 11.1 Å². The monoisotopic (exact) mass is 255 g/mol. The number of carbonyl (C=O) groups is 1. The van der Waals surface area contributed by atoms with Gasteiger partial charge in [0.25, 0.3) is 0 Å². The quantitative estimate of drug-likeness (QED) is 0.882. The Hall–Kier alpha value is -2.13. The Morgan fingerprint density at radius 1 is 1.21 bits per heavy atom. The van der Waals surface area contributed by atoms with Gasteiger partial charge in [-0.3, -0.25) is 4.79 Å². The smallest absolute Gasteiger partial charge is 0.305 e. The van der Waals surface area contributed by atoms with E-state index in [9.17, 15) is 4.79 Å². The van der Waals surface area contributed by atoms with Crippen molar-refractivity contribution in [2.75, 3.05) is 0 Å². The third kappa shape index (κ3) is 3.20. The van der Waals surface area contributed by atoms with Crippen LogP contribution in [0.15, 0.2) is 48.5 Å². The van der Waals surface area contributed by atoms with Gasteiger partial charge < -0.3 is 10.8 Å². The molecule has 0 radical (unpaired) electrons. The van der Waals surface area contributed by atoms with Crippen LogP contribution in [0.5, 0.6) is 0 Å². The van der Waals surface area contributed by atoms with Gasteiger partial charge in [-0.05, 0) is 35.2 Å². The molecule has 0 spiro atoms. The number of carboxylic acids is 1. The van der Waals surface area contributed by atoms with Crippen molar-refractivity contribution in [3.05, 3.63) is 59.7 Å². The van der Waals surface area contributed by atoms with E-state index in [1.54, 1.807) is 0 Å². The van der Waals surface area contributed by atoms with Gasteiger partial charge in [0, 0.05) is 6.04 Å². The normalized spacial score (nSPS) is 12.1. The van der Waals surface area contributed by atoms with Crippen LogP contribution in [0.1, 0.15) is 23.6 Å². The molecule has 3 heteroatoms. The summed E-state index contributed by atoms with van der Waals surface area (Å²) < 4.78 is 0. The molecule has 1 atom stereocenters. The van der Waals surface area contributed by atoms with Crippen molar-refractivity contribution >= 4 is 5.97 Å². The maximum atomic E-state index is 10.7. The molecule has 0 saturated heterocycles. The van der Waals surface area contributed by atoms with Crippen LogP contribution in [-0.2, 0) is 4.79 Å². The Morgan fingerprint density at radius 2 is 1.95 bits per heavy atom. The summed E-state index contributed by atoms with van der Waals surface area (Å²) >= 11 is 0. The number of benzene rings is 2. The topological polar surface area (TPSA) is 63.3 Å². The molecule has 2 aromatic carbocycles. The predicted octanol–water partition coefficient (Wildman–Crippen LogP) is 3.14. The highest BCUT2D eigenvalue weighted by atomic mass is 16.4. The Bertz CT molecular complexity index is 593. The van der Waals surface area contributed by atoms with Crippen molar-refractivity contribution in [2.24, 2.45) is 5.73 Å². The van der Waals surface area contributed by atoms with E-state index in [1.807, 2.05) is 36.4 Å². The van der Waals surface area contributed by atoms with Crippen molar-refractivity contribution in [3.8, 4) is 11.1 Å². The molecule has 1 unspecified atom stereocenters. The molecular formula is C16H17NO2. The number of hydrogen-bond donors (Lipinski definition) is 2. The van der Waals surface area contributed by atoms with E-state index in [-0.39, 0.29) is 6.42 Å². The average molecular weight is 255 g/mol. The lowest BCUT2D eigenvalue weighted by molar-refractivity contribution is -0.137. The highest BCUT2D eigenvalue weighted by Crippen LogP contribution is 2.26. The zero-order valence-corrected chi connectivity index (χ0v) is 10.8. The standard InChI is InChI=1S/C16H17NO2/c1-11-5-2-3-8-14(11)12-6-4-7-13(9-12)15(17)10-16(18)19/h2-9,15H,10,17H2,1H3,(H,18,19). The third-order valence-electron chi connectivity index (χ3n) is 3.17. The van der Waals surface area contributed by atoms with E-state index in [1.165, 1.54) is 5.56 Å². The minimum atomic E-state index is -0.881. The third-order valence-corrected chi connectivity index (χ3v) is 3.17. The van der Waals surface area contributed by atoms with E-state index in [2.05, 4.69) is 19.1 Å². The van der Waals surface area contributed by atoms with Gasteiger partial charge in [0.1, 0.15) is 0 Å². The number of aryl methyl sites for hydroxylation is 1. The van der Waals surface area contributed by atoms with E-state index in [0.717, 1.165) is 16.7 Å². The first-order chi connectivity index (χ1) is 9.08. The zero-order valence-electron chi connectivity index (χ0n) is 10.8. The molecule has 2 rings (SSSR count). The van der Waals surface area contributed by atoms with Gasteiger partial charge in [-0.15, -0.1) is 0 Å². The van der Waals surface area contributed by atoms with Gasteiger partial charge in [-0.1, -0.05) is 42.5 Å². The molecule has 0 fully saturated rings. The predicted molar refractivity (Wildman–Crippen MR) is 75.8 cm³/mol. The zero-order chi connectivity index (χ0) is 13.8. The molecule has 0 amide bonds. The molecule has 3 nitrogen and oxygen atoms in total. The van der Waals surface area contributed by atoms with Crippen LogP contribution in [0.4, 0.5) is 0 Å². The molecule has 3 N–H and O–H groups in total. The summed E-state index contributed by atoms with van der Waals surface area (Å²) in [6, 6.07) is 15.4. The first kappa shape index (κ1) is 13.3. The van der Waals surface area contributed by atoms with E-state index in [4.69, 9.17) is 10.8 Å². The lowest BCUT2D eigenvalue weighted by atomic mass is 9.96. The summed E-state index contributed by atoms with van der Waals surface area (Å²) in [5, 5.41) is 8.80. The van der Waals surface area contributed by atoms with Crippen molar-refractivity contribution in [2.45, 2.75) is 19.4 Å². The molecule has 0 aliphatic heterocycles. The van der Waals surface area contributed by atoms with E-state index >= 15 is 0 Å². The fourth-order valence-electron chi connectivity index (χ4n) is 2.14. The van der Waals surface area contributed by atoms with E-state index < -0.39 is 12.0 Å². The second-order valence-electron chi connectivity index (χ2n) is 4.64. The molecule has 19 heavy (non-hydrogen) atoms. The summed E-state index contributed by atoms with van der Waals surface area (Å²) in [6.07, 6.45) is -0.0583. The number of rotatable bonds is 4. The summed E-state index contributed by atoms with van der Waals surface area (Å²) in [6.45, 7) is 2.05. The minimum absolute atomic E-state index is 0.0583. The minimum Gasteiger partial charge on any atom is -0.481 e. The van der Waals surface area contributed by atoms with Crippen LogP contribution in [0.3, 0.4) is 0 Å². The molecular weight excluding hydrogens is 238 g/mol. The fraction of sp³-hybridized carbons (Fsp3) is 0.188. The van der Waals surface area contributed by atoms with Gasteiger partial charge in [-0.25, -0.2) is 0 Å². The number of hydrogen-bond acceptors (Lipinski definition) is 2. The highest BCUT2D eigenvalue weighted by Gasteiger charge is 2.11. The van der Waals surface area contributed by atoms with Crippen LogP contribution in [0.2, 0.25) is 0 Å². The van der Waals surface area contributed by atoms with E-state index in [0.29, 0.717) is 0 Å². The van der Waals surface area contributed by atoms with Gasteiger partial charge in [0.2, 0.25) is 0 Å². The summed E-state index contributed by atoms with van der Waals surface area (Å²) in [7, 11) is 0. The molecule has 0 saturated carbocycles. The van der Waals surface area contributed by atoms with Crippen LogP contribution in [0.25, 0.3) is 11.1 Å². The van der Waals surface area contributed by atoms with Crippen LogP contribution < -0.4 is 5.73 Å². The van der Waals surface area contributed by atoms with Crippen molar-refractivity contribution in [3.63, 3.8) is 0 Å². The van der Waals surface area contributed by atoms with Gasteiger partial charge in [0.05, 0.1) is 6.42 Å². The van der Waals surface area contributed by atoms with Crippen molar-refractivity contribution < 1.29 is 9.90 Å². The largest absolute Gasteiger partial charge is 0.481 e. The Kier molecular flexibility index (Phi) is 3.97. The Balaban J connectivity index is 2.34. The summed E-state index contributed by atoms with van der Waals surface area (Å²) in [4.78, 5) is 10.7. The fourth-order valence-corrected chi connectivity index (χ4v) is 2.14. The molecule has 0 bridgehead atoms. The highest BCUT2D eigenvalue weighted by molar-refractivity contribution is 5.70. The van der Waals surface area contributed by atoms with Gasteiger partial charge in [0.15, 0.2) is 0 Å². The number of aliphatic carboxylic acids is 1. The first-order valence-corrected chi connectivity index (χ1v) is 6.21. The number of nitrogens with two attached hydrogens (primary N) is 1. The Morgan fingerprint density at radius 3 is 2.63 bits per heavy atom. The van der Waals surface area contributed by atoms with Crippen molar-refractivity contribution in [1.82, 2.24) is 0 Å². The first-order valence-electron chi connectivity index (χ1n) is 6.21. The van der Waals surface area contributed by atoms with Gasteiger partial charge in [-0.2, -0.15) is 0 Å².